The highest BCUT2D eigenvalue weighted by Gasteiger charge is 2.10. The molecule has 0 aliphatic rings. The summed E-state index contributed by atoms with van der Waals surface area (Å²) in [5.74, 6) is 0.00593. The minimum absolute atomic E-state index is 0.00593. The summed E-state index contributed by atoms with van der Waals surface area (Å²) in [6, 6.07) is 13.2. The molecule has 4 heteroatoms. The van der Waals surface area contributed by atoms with Crippen molar-refractivity contribution in [3.8, 4) is 0 Å². The van der Waals surface area contributed by atoms with Gasteiger partial charge < -0.3 is 11.1 Å². The molecule has 104 valence electrons. The second-order valence-electron chi connectivity index (χ2n) is 4.74. The Kier molecular flexibility index (Phi) is 4.71. The number of rotatable bonds is 5. The SMILES string of the molecule is CC(NC(=O)CCc1ccccc1N)c1ccccn1. The molecule has 4 nitrogen and oxygen atoms in total. The Morgan fingerprint density at radius 2 is 2.00 bits per heavy atom. The van der Waals surface area contributed by atoms with Gasteiger partial charge in [0.25, 0.3) is 0 Å². The topological polar surface area (TPSA) is 68.0 Å². The number of benzene rings is 1. The number of hydrogen-bond acceptors (Lipinski definition) is 3. The summed E-state index contributed by atoms with van der Waals surface area (Å²) in [6.45, 7) is 1.93. The largest absolute Gasteiger partial charge is 0.399 e. The zero-order valence-corrected chi connectivity index (χ0v) is 11.5. The van der Waals surface area contributed by atoms with Crippen LogP contribution in [-0.2, 0) is 11.2 Å². The molecule has 0 fully saturated rings. The molecule has 0 aliphatic heterocycles. The minimum Gasteiger partial charge on any atom is -0.399 e. The van der Waals surface area contributed by atoms with Gasteiger partial charge in [0, 0.05) is 18.3 Å². The Balaban J connectivity index is 1.86. The number of aryl methyl sites for hydroxylation is 1. The first-order valence-electron chi connectivity index (χ1n) is 6.70. The third-order valence-corrected chi connectivity index (χ3v) is 3.19. The molecule has 1 amide bonds. The van der Waals surface area contributed by atoms with Crippen LogP contribution in [0.3, 0.4) is 0 Å². The molecular weight excluding hydrogens is 250 g/mol. The molecule has 0 bridgehead atoms. The smallest absolute Gasteiger partial charge is 0.220 e. The van der Waals surface area contributed by atoms with Gasteiger partial charge in [-0.1, -0.05) is 24.3 Å². The molecule has 0 radical (unpaired) electrons. The van der Waals surface area contributed by atoms with Gasteiger partial charge in [-0.15, -0.1) is 0 Å². The number of para-hydroxylation sites is 1. The molecule has 1 aromatic heterocycles. The quantitative estimate of drug-likeness (QED) is 0.819. The molecule has 3 N–H and O–H groups in total. The van der Waals surface area contributed by atoms with Crippen LogP contribution in [0.25, 0.3) is 0 Å². The normalized spacial score (nSPS) is 11.8. The fourth-order valence-electron chi connectivity index (χ4n) is 2.03. The van der Waals surface area contributed by atoms with Crippen LogP contribution in [0.2, 0.25) is 0 Å². The predicted molar refractivity (Wildman–Crippen MR) is 80.0 cm³/mol. The Hall–Kier alpha value is -2.36. The van der Waals surface area contributed by atoms with E-state index in [-0.39, 0.29) is 11.9 Å². The van der Waals surface area contributed by atoms with Crippen molar-refractivity contribution in [3.05, 3.63) is 59.9 Å². The van der Waals surface area contributed by atoms with Crippen molar-refractivity contribution in [2.45, 2.75) is 25.8 Å². The first-order valence-corrected chi connectivity index (χ1v) is 6.70. The maximum absolute atomic E-state index is 11.9. The molecule has 1 unspecified atom stereocenters. The first-order chi connectivity index (χ1) is 9.66. The van der Waals surface area contributed by atoms with E-state index in [1.807, 2.05) is 49.4 Å². The van der Waals surface area contributed by atoms with Gasteiger partial charge in [0.15, 0.2) is 0 Å². The minimum atomic E-state index is -0.0863. The van der Waals surface area contributed by atoms with Gasteiger partial charge >= 0.3 is 0 Å². The van der Waals surface area contributed by atoms with E-state index >= 15 is 0 Å². The molecule has 1 atom stereocenters. The number of nitrogens with zero attached hydrogens (tertiary/aromatic N) is 1. The van der Waals surface area contributed by atoms with E-state index < -0.39 is 0 Å². The molecule has 2 rings (SSSR count). The molecule has 20 heavy (non-hydrogen) atoms. The summed E-state index contributed by atoms with van der Waals surface area (Å²) < 4.78 is 0. The molecule has 0 saturated heterocycles. The number of carbonyl (C=O) groups excluding carboxylic acids is 1. The monoisotopic (exact) mass is 269 g/mol. The lowest BCUT2D eigenvalue weighted by Gasteiger charge is -2.13. The second kappa shape index (κ2) is 6.70. The zero-order chi connectivity index (χ0) is 14.4. The van der Waals surface area contributed by atoms with Crippen molar-refractivity contribution in [1.82, 2.24) is 10.3 Å². The van der Waals surface area contributed by atoms with E-state index in [1.165, 1.54) is 0 Å². The van der Waals surface area contributed by atoms with Crippen molar-refractivity contribution in [2.75, 3.05) is 5.73 Å². The summed E-state index contributed by atoms with van der Waals surface area (Å²) >= 11 is 0. The third kappa shape index (κ3) is 3.82. The Morgan fingerprint density at radius 1 is 1.25 bits per heavy atom. The maximum Gasteiger partial charge on any atom is 0.220 e. The van der Waals surface area contributed by atoms with E-state index in [1.54, 1.807) is 6.20 Å². The maximum atomic E-state index is 11.9. The molecule has 1 heterocycles. The van der Waals surface area contributed by atoms with E-state index in [0.29, 0.717) is 12.8 Å². The molecule has 0 spiro atoms. The summed E-state index contributed by atoms with van der Waals surface area (Å²) in [7, 11) is 0. The molecule has 0 aliphatic carbocycles. The molecule has 1 aromatic carbocycles. The summed E-state index contributed by atoms with van der Waals surface area (Å²) in [4.78, 5) is 16.2. The highest BCUT2D eigenvalue weighted by Crippen LogP contribution is 2.13. The fraction of sp³-hybridized carbons (Fsp3) is 0.250. The zero-order valence-electron chi connectivity index (χ0n) is 11.5. The standard InChI is InChI=1S/C16H19N3O/c1-12(15-8-4-5-11-18-15)19-16(20)10-9-13-6-2-3-7-14(13)17/h2-8,11-12H,9-10,17H2,1H3,(H,19,20). The second-order valence-corrected chi connectivity index (χ2v) is 4.74. The Morgan fingerprint density at radius 3 is 2.70 bits per heavy atom. The van der Waals surface area contributed by atoms with Crippen molar-refractivity contribution in [1.29, 1.82) is 0 Å². The van der Waals surface area contributed by atoms with E-state index in [9.17, 15) is 4.79 Å². The number of pyridine rings is 1. The number of amides is 1. The van der Waals surface area contributed by atoms with Crippen LogP contribution in [0.5, 0.6) is 0 Å². The van der Waals surface area contributed by atoms with Gasteiger partial charge in [-0.05, 0) is 37.1 Å². The molecule has 2 aromatic rings. The van der Waals surface area contributed by atoms with Crippen LogP contribution in [0.4, 0.5) is 5.69 Å². The number of aromatic nitrogens is 1. The summed E-state index contributed by atoms with van der Waals surface area (Å²) in [6.07, 6.45) is 2.79. The number of hydrogen-bond donors (Lipinski definition) is 2. The molecule has 0 saturated carbocycles. The van der Waals surface area contributed by atoms with Crippen molar-refractivity contribution in [3.63, 3.8) is 0 Å². The van der Waals surface area contributed by atoms with Gasteiger partial charge in [-0.25, -0.2) is 0 Å². The van der Waals surface area contributed by atoms with Crippen LogP contribution in [0, 0.1) is 0 Å². The van der Waals surface area contributed by atoms with Gasteiger partial charge in [0.1, 0.15) is 0 Å². The highest BCUT2D eigenvalue weighted by molar-refractivity contribution is 5.76. The Labute approximate surface area is 119 Å². The number of nitrogens with one attached hydrogen (secondary N) is 1. The summed E-state index contributed by atoms with van der Waals surface area (Å²) in [5, 5.41) is 2.94. The lowest BCUT2D eigenvalue weighted by molar-refractivity contribution is -0.121. The van der Waals surface area contributed by atoms with Crippen molar-refractivity contribution >= 4 is 11.6 Å². The number of nitrogens with two attached hydrogens (primary N) is 1. The van der Waals surface area contributed by atoms with E-state index in [4.69, 9.17) is 5.73 Å². The van der Waals surface area contributed by atoms with Crippen LogP contribution in [-0.4, -0.2) is 10.9 Å². The number of nitrogen functional groups attached to an aromatic ring is 1. The van der Waals surface area contributed by atoms with Crippen molar-refractivity contribution < 1.29 is 4.79 Å². The van der Waals surface area contributed by atoms with E-state index in [2.05, 4.69) is 10.3 Å². The van der Waals surface area contributed by atoms with Gasteiger partial charge in [0.2, 0.25) is 5.91 Å². The van der Waals surface area contributed by atoms with Gasteiger partial charge in [0.05, 0.1) is 11.7 Å². The van der Waals surface area contributed by atoms with Crippen molar-refractivity contribution in [2.24, 2.45) is 0 Å². The number of carbonyl (C=O) groups is 1. The highest BCUT2D eigenvalue weighted by atomic mass is 16.1. The third-order valence-electron chi connectivity index (χ3n) is 3.19. The lowest BCUT2D eigenvalue weighted by Crippen LogP contribution is -2.27. The predicted octanol–water partition coefficient (Wildman–Crippen LogP) is 2.47. The van der Waals surface area contributed by atoms with Gasteiger partial charge in [-0.3, -0.25) is 9.78 Å². The fourth-order valence-corrected chi connectivity index (χ4v) is 2.03. The van der Waals surface area contributed by atoms with Crippen LogP contribution >= 0.6 is 0 Å². The first kappa shape index (κ1) is 14.1. The number of anilines is 1. The van der Waals surface area contributed by atoms with Crippen LogP contribution < -0.4 is 11.1 Å². The van der Waals surface area contributed by atoms with Crippen LogP contribution in [0.15, 0.2) is 48.7 Å². The summed E-state index contributed by atoms with van der Waals surface area (Å²) in [5.41, 5.74) is 8.46. The van der Waals surface area contributed by atoms with Gasteiger partial charge in [-0.2, -0.15) is 0 Å². The van der Waals surface area contributed by atoms with E-state index in [0.717, 1.165) is 16.9 Å². The van der Waals surface area contributed by atoms with Crippen LogP contribution in [0.1, 0.15) is 30.6 Å². The molecular formula is C16H19N3O. The average Bonchev–Trinajstić information content (AvgIpc) is 2.47. The Bertz CT molecular complexity index is 569. The average molecular weight is 269 g/mol. The lowest BCUT2D eigenvalue weighted by atomic mass is 10.1.